The van der Waals surface area contributed by atoms with Gasteiger partial charge >= 0.3 is 0 Å². The molecule has 0 spiro atoms. The molecule has 1 aliphatic heterocycles. The van der Waals surface area contributed by atoms with Crippen LogP contribution in [0.15, 0.2) is 48.1 Å². The maximum Gasteiger partial charge on any atom is 0.231 e. The van der Waals surface area contributed by atoms with Crippen LogP contribution in [0.3, 0.4) is 0 Å². The normalized spacial score (nSPS) is 12.5. The minimum absolute atomic E-state index is 0.101. The van der Waals surface area contributed by atoms with Crippen molar-refractivity contribution in [1.29, 1.82) is 5.26 Å². The average Bonchev–Trinajstić information content (AvgIpc) is 3.16. The fourth-order valence-electron chi connectivity index (χ4n) is 3.18. The number of allylic oxidation sites excluding steroid dienone is 1. The summed E-state index contributed by atoms with van der Waals surface area (Å²) in [4.78, 5) is 22.7. The first-order valence-corrected chi connectivity index (χ1v) is 9.53. The summed E-state index contributed by atoms with van der Waals surface area (Å²) < 4.78 is 0. The number of halogens is 1. The third kappa shape index (κ3) is 4.29. The molecule has 5 nitrogen and oxygen atoms in total. The average molecular weight is 395 g/mol. The van der Waals surface area contributed by atoms with E-state index in [0.717, 1.165) is 16.8 Å². The number of nitrogens with zero attached hydrogens (tertiary/aromatic N) is 4. The molecule has 0 saturated carbocycles. The molecule has 1 aromatic heterocycles. The van der Waals surface area contributed by atoms with Gasteiger partial charge in [0.25, 0.3) is 0 Å². The van der Waals surface area contributed by atoms with Gasteiger partial charge in [-0.05, 0) is 41.8 Å². The van der Waals surface area contributed by atoms with E-state index >= 15 is 0 Å². The lowest BCUT2D eigenvalue weighted by Gasteiger charge is -2.19. The Balaban J connectivity index is 0.00000136. The predicted octanol–water partition coefficient (Wildman–Crippen LogP) is 4.37. The lowest BCUT2D eigenvalue weighted by molar-refractivity contribution is -0.117. The molecule has 0 atom stereocenters. The van der Waals surface area contributed by atoms with Crippen LogP contribution in [0, 0.1) is 11.3 Å². The zero-order valence-electron chi connectivity index (χ0n) is 16.4. The van der Waals surface area contributed by atoms with Gasteiger partial charge in [-0.25, -0.2) is 4.98 Å². The Morgan fingerprint density at radius 3 is 2.82 bits per heavy atom. The molecule has 28 heavy (non-hydrogen) atoms. The van der Waals surface area contributed by atoms with Crippen molar-refractivity contribution in [2.24, 2.45) is 4.99 Å². The molecule has 0 aliphatic carbocycles. The molecule has 0 fully saturated rings. The van der Waals surface area contributed by atoms with Gasteiger partial charge in [-0.3, -0.25) is 9.79 Å². The van der Waals surface area contributed by atoms with Crippen LogP contribution in [0.1, 0.15) is 36.1 Å². The lowest BCUT2D eigenvalue weighted by Crippen LogP contribution is -2.31. The van der Waals surface area contributed by atoms with Crippen molar-refractivity contribution in [2.45, 2.75) is 26.7 Å². The van der Waals surface area contributed by atoms with Gasteiger partial charge in [0.2, 0.25) is 5.91 Å². The molecule has 0 bridgehead atoms. The molecular formula is C22H23ClN4O. The Bertz CT molecular complexity index is 959. The van der Waals surface area contributed by atoms with Gasteiger partial charge in [0, 0.05) is 25.4 Å². The Kier molecular flexibility index (Phi) is 7.48. The zero-order chi connectivity index (χ0) is 20.7. The van der Waals surface area contributed by atoms with Crippen LogP contribution in [-0.4, -0.2) is 30.2 Å². The number of fused-ring (bicyclic) bond motifs is 1. The third-order valence-corrected chi connectivity index (χ3v) is 4.73. The van der Waals surface area contributed by atoms with Crippen LogP contribution in [0.2, 0.25) is 5.15 Å². The Hall–Kier alpha value is -2.97. The summed E-state index contributed by atoms with van der Waals surface area (Å²) in [5.74, 6) is -0.101. The molecule has 2 aromatic rings. The fourth-order valence-corrected chi connectivity index (χ4v) is 3.36. The molecule has 0 saturated heterocycles. The van der Waals surface area contributed by atoms with Crippen molar-refractivity contribution in [1.82, 2.24) is 4.98 Å². The minimum Gasteiger partial charge on any atom is -0.310 e. The first-order valence-electron chi connectivity index (χ1n) is 9.15. The topological polar surface area (TPSA) is 69.3 Å². The Labute approximate surface area is 171 Å². The predicted molar refractivity (Wildman–Crippen MR) is 114 cm³/mol. The highest BCUT2D eigenvalue weighted by atomic mass is 35.5. The molecule has 1 aromatic carbocycles. The highest BCUT2D eigenvalue weighted by molar-refractivity contribution is 6.30. The summed E-state index contributed by atoms with van der Waals surface area (Å²) in [5, 5.41) is 9.93. The van der Waals surface area contributed by atoms with E-state index < -0.39 is 0 Å². The van der Waals surface area contributed by atoms with Crippen molar-refractivity contribution < 1.29 is 4.79 Å². The number of anilines is 1. The van der Waals surface area contributed by atoms with Gasteiger partial charge in [0.1, 0.15) is 11.2 Å². The standard InChI is InChI=1S/C20H17ClN4O.C2H6/c1-3-17(23-2)15-9-13-6-8-25(19(13)16(10-15)12-22)18(26)11-14-5-4-7-24-20(14)21;1-2/h3-5,7,9-10H,1,6,8,11H2,2H3;1-2H3. The molecule has 144 valence electrons. The number of carbonyl (C=O) groups is 1. The summed E-state index contributed by atoms with van der Waals surface area (Å²) in [6.07, 6.45) is 4.08. The number of rotatable bonds is 4. The van der Waals surface area contributed by atoms with Crippen molar-refractivity contribution in [3.8, 4) is 6.07 Å². The van der Waals surface area contributed by atoms with Crippen LogP contribution in [0.4, 0.5) is 5.69 Å². The van der Waals surface area contributed by atoms with Gasteiger partial charge in [0.05, 0.1) is 23.4 Å². The number of nitriles is 1. The quantitative estimate of drug-likeness (QED) is 0.571. The number of pyridine rings is 1. The van der Waals surface area contributed by atoms with E-state index in [1.807, 2.05) is 19.9 Å². The first kappa shape index (κ1) is 21.3. The highest BCUT2D eigenvalue weighted by Gasteiger charge is 2.28. The van der Waals surface area contributed by atoms with Gasteiger partial charge in [-0.2, -0.15) is 5.26 Å². The Morgan fingerprint density at radius 2 is 2.21 bits per heavy atom. The van der Waals surface area contributed by atoms with E-state index in [4.69, 9.17) is 11.6 Å². The molecule has 0 radical (unpaired) electrons. The van der Waals surface area contributed by atoms with E-state index in [0.29, 0.717) is 34.9 Å². The largest absolute Gasteiger partial charge is 0.310 e. The second-order valence-electron chi connectivity index (χ2n) is 5.88. The number of aliphatic imine (C=N–C) groups is 1. The van der Waals surface area contributed by atoms with Crippen LogP contribution < -0.4 is 4.90 Å². The van der Waals surface area contributed by atoms with Crippen LogP contribution >= 0.6 is 11.6 Å². The van der Waals surface area contributed by atoms with Gasteiger partial charge in [0.15, 0.2) is 0 Å². The van der Waals surface area contributed by atoms with Crippen LogP contribution in [-0.2, 0) is 17.6 Å². The second-order valence-corrected chi connectivity index (χ2v) is 6.24. The monoisotopic (exact) mass is 394 g/mol. The molecule has 3 rings (SSSR count). The van der Waals surface area contributed by atoms with Gasteiger partial charge < -0.3 is 4.90 Å². The van der Waals surface area contributed by atoms with Crippen molar-refractivity contribution >= 4 is 28.9 Å². The fraction of sp³-hybridized carbons (Fsp3) is 0.273. The van der Waals surface area contributed by atoms with E-state index in [1.54, 1.807) is 42.4 Å². The summed E-state index contributed by atoms with van der Waals surface area (Å²) in [6.45, 7) is 8.30. The molecular weight excluding hydrogens is 372 g/mol. The summed E-state index contributed by atoms with van der Waals surface area (Å²) >= 11 is 6.06. The SMILES string of the molecule is C=CC(=NC)c1cc(C#N)c2c(c1)CCN2C(=O)Cc1cccnc1Cl.CC. The van der Waals surface area contributed by atoms with Crippen LogP contribution in [0.5, 0.6) is 0 Å². The maximum atomic E-state index is 12.8. The number of carbonyl (C=O) groups excluding carboxylic acids is 1. The number of hydrogen-bond acceptors (Lipinski definition) is 4. The number of benzene rings is 1. The van der Waals surface area contributed by atoms with Crippen LogP contribution in [0.25, 0.3) is 0 Å². The van der Waals surface area contributed by atoms with Crippen molar-refractivity contribution in [3.05, 3.63) is 70.5 Å². The molecule has 6 heteroatoms. The minimum atomic E-state index is -0.101. The van der Waals surface area contributed by atoms with E-state index in [-0.39, 0.29) is 12.3 Å². The summed E-state index contributed by atoms with van der Waals surface area (Å²) in [6, 6.07) is 9.48. The molecule has 0 N–H and O–H groups in total. The Morgan fingerprint density at radius 1 is 1.46 bits per heavy atom. The third-order valence-electron chi connectivity index (χ3n) is 4.39. The van der Waals surface area contributed by atoms with E-state index in [1.165, 1.54) is 0 Å². The number of hydrogen-bond donors (Lipinski definition) is 0. The molecule has 1 amide bonds. The number of amides is 1. The highest BCUT2D eigenvalue weighted by Crippen LogP contribution is 2.34. The second kappa shape index (κ2) is 9.82. The lowest BCUT2D eigenvalue weighted by atomic mass is 10.00. The van der Waals surface area contributed by atoms with E-state index in [9.17, 15) is 10.1 Å². The van der Waals surface area contributed by atoms with Gasteiger partial charge in [-0.1, -0.05) is 38.1 Å². The molecule has 0 unspecified atom stereocenters. The molecule has 1 aliphatic rings. The summed E-state index contributed by atoms with van der Waals surface area (Å²) in [7, 11) is 1.68. The van der Waals surface area contributed by atoms with Crippen molar-refractivity contribution in [2.75, 3.05) is 18.5 Å². The zero-order valence-corrected chi connectivity index (χ0v) is 17.1. The maximum absolute atomic E-state index is 12.8. The smallest absolute Gasteiger partial charge is 0.231 e. The molecule has 2 heterocycles. The van der Waals surface area contributed by atoms with Gasteiger partial charge in [-0.15, -0.1) is 0 Å². The van der Waals surface area contributed by atoms with E-state index in [2.05, 4.69) is 22.6 Å². The van der Waals surface area contributed by atoms with Crippen molar-refractivity contribution in [3.63, 3.8) is 0 Å². The summed E-state index contributed by atoms with van der Waals surface area (Å²) in [5.41, 5.74) is 4.34. The first-order chi connectivity index (χ1) is 13.6. The number of aromatic nitrogens is 1.